The molecular weight excluding hydrogens is 162 g/mol. The molecule has 2 heterocycles. The molecule has 0 bridgehead atoms. The summed E-state index contributed by atoms with van der Waals surface area (Å²) in [5.41, 5.74) is 0. The monoisotopic (exact) mass is 175 g/mol. The lowest BCUT2D eigenvalue weighted by atomic mass is 10.2. The quantitative estimate of drug-likeness (QED) is 0.600. The van der Waals surface area contributed by atoms with Crippen molar-refractivity contribution in [3.63, 3.8) is 0 Å². The van der Waals surface area contributed by atoms with Gasteiger partial charge in [0.25, 0.3) is 0 Å². The fourth-order valence-corrected chi connectivity index (χ4v) is 4.76. The van der Waals surface area contributed by atoms with Crippen molar-refractivity contribution in [2.75, 3.05) is 18.1 Å². The first kappa shape index (κ1) is 7.32. The highest BCUT2D eigenvalue weighted by molar-refractivity contribution is 8.05. The third kappa shape index (κ3) is 1.19. The van der Waals surface area contributed by atoms with Crippen LogP contribution < -0.4 is 5.32 Å². The van der Waals surface area contributed by atoms with E-state index in [0.717, 1.165) is 5.25 Å². The average molecular weight is 175 g/mol. The molecule has 2 rings (SSSR count). The van der Waals surface area contributed by atoms with Gasteiger partial charge in [0.2, 0.25) is 0 Å². The van der Waals surface area contributed by atoms with Crippen LogP contribution in [0.15, 0.2) is 0 Å². The molecule has 2 unspecified atom stereocenters. The second-order valence-corrected chi connectivity index (χ2v) is 6.03. The SMILES string of the molecule is CC1CNC2(CCSC2)S1. The van der Waals surface area contributed by atoms with Crippen LogP contribution >= 0.6 is 23.5 Å². The molecule has 0 amide bonds. The van der Waals surface area contributed by atoms with Crippen LogP contribution in [-0.4, -0.2) is 28.2 Å². The van der Waals surface area contributed by atoms with Gasteiger partial charge in [-0.2, -0.15) is 11.8 Å². The van der Waals surface area contributed by atoms with E-state index in [4.69, 9.17) is 0 Å². The van der Waals surface area contributed by atoms with Gasteiger partial charge in [-0.1, -0.05) is 6.92 Å². The van der Waals surface area contributed by atoms with Crippen LogP contribution in [0.4, 0.5) is 0 Å². The Labute approximate surface area is 70.7 Å². The van der Waals surface area contributed by atoms with Crippen molar-refractivity contribution in [1.29, 1.82) is 0 Å². The third-order valence-electron chi connectivity index (χ3n) is 2.12. The van der Waals surface area contributed by atoms with E-state index in [1.54, 1.807) is 0 Å². The van der Waals surface area contributed by atoms with Gasteiger partial charge in [0.1, 0.15) is 0 Å². The summed E-state index contributed by atoms with van der Waals surface area (Å²) in [5, 5.41) is 4.46. The van der Waals surface area contributed by atoms with E-state index in [1.807, 2.05) is 0 Å². The molecule has 0 saturated carbocycles. The van der Waals surface area contributed by atoms with Gasteiger partial charge in [-0.3, -0.25) is 0 Å². The van der Waals surface area contributed by atoms with Gasteiger partial charge in [0.15, 0.2) is 0 Å². The summed E-state index contributed by atoms with van der Waals surface area (Å²) in [6, 6.07) is 0. The maximum absolute atomic E-state index is 3.62. The van der Waals surface area contributed by atoms with Crippen molar-refractivity contribution in [1.82, 2.24) is 5.32 Å². The minimum atomic E-state index is 0.490. The summed E-state index contributed by atoms with van der Waals surface area (Å²) < 4.78 is 0. The van der Waals surface area contributed by atoms with Gasteiger partial charge in [0.05, 0.1) is 4.87 Å². The smallest absolute Gasteiger partial charge is 0.0748 e. The molecule has 0 aromatic carbocycles. The number of thioether (sulfide) groups is 2. The first-order valence-corrected chi connectivity index (χ1v) is 5.85. The first-order valence-electron chi connectivity index (χ1n) is 3.81. The molecule has 2 fully saturated rings. The molecular formula is C7H13NS2. The molecule has 10 heavy (non-hydrogen) atoms. The second-order valence-electron chi connectivity index (χ2n) is 3.11. The van der Waals surface area contributed by atoms with Gasteiger partial charge in [-0.05, 0) is 12.2 Å². The molecule has 0 aromatic heterocycles. The molecule has 0 aliphatic carbocycles. The Bertz CT molecular complexity index is 132. The zero-order valence-corrected chi connectivity index (χ0v) is 7.86. The van der Waals surface area contributed by atoms with Crippen LogP contribution in [0.2, 0.25) is 0 Å². The van der Waals surface area contributed by atoms with E-state index >= 15 is 0 Å². The number of hydrogen-bond donors (Lipinski definition) is 1. The summed E-state index contributed by atoms with van der Waals surface area (Å²) in [6.07, 6.45) is 1.37. The van der Waals surface area contributed by atoms with Crippen LogP contribution in [0.1, 0.15) is 13.3 Å². The Kier molecular flexibility index (Phi) is 1.91. The van der Waals surface area contributed by atoms with Crippen molar-refractivity contribution in [2.45, 2.75) is 23.5 Å². The molecule has 1 N–H and O–H groups in total. The topological polar surface area (TPSA) is 12.0 Å². The highest BCUT2D eigenvalue weighted by Crippen LogP contribution is 2.42. The van der Waals surface area contributed by atoms with Crippen LogP contribution in [0, 0.1) is 0 Å². The van der Waals surface area contributed by atoms with Crippen LogP contribution in [0.25, 0.3) is 0 Å². The summed E-state index contributed by atoms with van der Waals surface area (Å²) in [5.74, 6) is 2.68. The fourth-order valence-electron chi connectivity index (χ4n) is 1.58. The molecule has 1 nitrogen and oxygen atoms in total. The summed E-state index contributed by atoms with van der Waals surface area (Å²) in [6.45, 7) is 3.53. The van der Waals surface area contributed by atoms with Gasteiger partial charge in [-0.25, -0.2) is 0 Å². The zero-order chi connectivity index (χ0) is 7.03. The second kappa shape index (κ2) is 2.61. The largest absolute Gasteiger partial charge is 0.301 e. The Balaban J connectivity index is 2.03. The Morgan fingerprint density at radius 3 is 3.00 bits per heavy atom. The Morgan fingerprint density at radius 2 is 2.50 bits per heavy atom. The van der Waals surface area contributed by atoms with E-state index < -0.39 is 0 Å². The minimum Gasteiger partial charge on any atom is -0.301 e. The normalized spacial score (nSPS) is 47.1. The zero-order valence-electron chi connectivity index (χ0n) is 6.22. The summed E-state index contributed by atoms with van der Waals surface area (Å²) >= 11 is 4.23. The molecule has 0 radical (unpaired) electrons. The van der Waals surface area contributed by atoms with E-state index in [1.165, 1.54) is 24.5 Å². The molecule has 2 aliphatic heterocycles. The lowest BCUT2D eigenvalue weighted by molar-refractivity contribution is 0.548. The standard InChI is InChI=1S/C7H13NS2/c1-6-4-8-7(10-6)2-3-9-5-7/h6,8H,2-5H2,1H3. The highest BCUT2D eigenvalue weighted by atomic mass is 32.2. The number of hydrogen-bond acceptors (Lipinski definition) is 3. The lowest BCUT2D eigenvalue weighted by Crippen LogP contribution is -2.36. The molecule has 2 aliphatic rings. The molecule has 2 saturated heterocycles. The maximum Gasteiger partial charge on any atom is 0.0748 e. The third-order valence-corrected chi connectivity index (χ3v) is 5.01. The molecule has 2 atom stereocenters. The predicted molar refractivity (Wildman–Crippen MR) is 49.7 cm³/mol. The van der Waals surface area contributed by atoms with E-state index in [-0.39, 0.29) is 0 Å². The fraction of sp³-hybridized carbons (Fsp3) is 1.00. The molecule has 0 aromatic rings. The molecule has 3 heteroatoms. The predicted octanol–water partition coefficient (Wildman–Crippen LogP) is 1.54. The van der Waals surface area contributed by atoms with E-state index in [2.05, 4.69) is 35.8 Å². The van der Waals surface area contributed by atoms with Gasteiger partial charge < -0.3 is 5.32 Å². The first-order chi connectivity index (χ1) is 4.81. The Hall–Kier alpha value is 0.660. The molecule has 58 valence electrons. The van der Waals surface area contributed by atoms with Gasteiger partial charge >= 0.3 is 0 Å². The average Bonchev–Trinajstić information content (AvgIpc) is 2.46. The summed E-state index contributed by atoms with van der Waals surface area (Å²) in [7, 11) is 0. The Morgan fingerprint density at radius 1 is 1.60 bits per heavy atom. The van der Waals surface area contributed by atoms with Crippen LogP contribution in [0.3, 0.4) is 0 Å². The van der Waals surface area contributed by atoms with Crippen LogP contribution in [-0.2, 0) is 0 Å². The highest BCUT2D eigenvalue weighted by Gasteiger charge is 2.40. The summed E-state index contributed by atoms with van der Waals surface area (Å²) in [4.78, 5) is 0.490. The van der Waals surface area contributed by atoms with E-state index in [9.17, 15) is 0 Å². The van der Waals surface area contributed by atoms with E-state index in [0.29, 0.717) is 4.87 Å². The minimum absolute atomic E-state index is 0.490. The van der Waals surface area contributed by atoms with Crippen molar-refractivity contribution in [3.05, 3.63) is 0 Å². The van der Waals surface area contributed by atoms with Crippen molar-refractivity contribution >= 4 is 23.5 Å². The number of nitrogens with one attached hydrogen (secondary N) is 1. The number of rotatable bonds is 0. The van der Waals surface area contributed by atoms with Crippen molar-refractivity contribution < 1.29 is 0 Å². The molecule has 1 spiro atoms. The maximum atomic E-state index is 3.62. The lowest BCUT2D eigenvalue weighted by Gasteiger charge is -2.20. The van der Waals surface area contributed by atoms with Gasteiger partial charge in [0, 0.05) is 17.5 Å². The van der Waals surface area contributed by atoms with Gasteiger partial charge in [-0.15, -0.1) is 11.8 Å². The van der Waals surface area contributed by atoms with Crippen molar-refractivity contribution in [3.8, 4) is 0 Å². The van der Waals surface area contributed by atoms with Crippen molar-refractivity contribution in [2.24, 2.45) is 0 Å². The van der Waals surface area contributed by atoms with Crippen LogP contribution in [0.5, 0.6) is 0 Å².